The first-order valence-corrected chi connectivity index (χ1v) is 5.97. The molecule has 7 heteroatoms. The summed E-state index contributed by atoms with van der Waals surface area (Å²) in [4.78, 5) is 15.3. The maximum Gasteiger partial charge on any atom is 0.251 e. The quantitative estimate of drug-likeness (QED) is 0.903. The van der Waals surface area contributed by atoms with Gasteiger partial charge in [-0.1, -0.05) is 11.8 Å². The lowest BCUT2D eigenvalue weighted by molar-refractivity contribution is 0.0997. The van der Waals surface area contributed by atoms with Crippen LogP contribution in [0.15, 0.2) is 40.4 Å². The van der Waals surface area contributed by atoms with E-state index >= 15 is 0 Å². The Balaban J connectivity index is 2.40. The van der Waals surface area contributed by atoms with E-state index < -0.39 is 17.5 Å². The third-order valence-electron chi connectivity index (χ3n) is 2.24. The van der Waals surface area contributed by atoms with Gasteiger partial charge in [0, 0.05) is 11.0 Å². The van der Waals surface area contributed by atoms with Crippen LogP contribution in [0.4, 0.5) is 14.5 Å². The summed E-state index contributed by atoms with van der Waals surface area (Å²) >= 11 is 0.877. The van der Waals surface area contributed by atoms with Crippen molar-refractivity contribution in [3.05, 3.63) is 47.7 Å². The van der Waals surface area contributed by atoms with E-state index in [2.05, 4.69) is 4.98 Å². The number of halogens is 2. The fraction of sp³-hybridized carbons (Fsp3) is 0. The number of nitrogens with two attached hydrogens (primary N) is 2. The van der Waals surface area contributed by atoms with Crippen molar-refractivity contribution in [3.63, 3.8) is 0 Å². The predicted molar refractivity (Wildman–Crippen MR) is 67.6 cm³/mol. The number of hydrogen-bond acceptors (Lipinski definition) is 4. The van der Waals surface area contributed by atoms with Crippen molar-refractivity contribution in [2.24, 2.45) is 5.73 Å². The molecule has 0 saturated heterocycles. The summed E-state index contributed by atoms with van der Waals surface area (Å²) < 4.78 is 26.3. The summed E-state index contributed by atoms with van der Waals surface area (Å²) in [6.07, 6.45) is 1.33. The molecule has 19 heavy (non-hydrogen) atoms. The van der Waals surface area contributed by atoms with Crippen molar-refractivity contribution in [2.45, 2.75) is 9.92 Å². The Kier molecular flexibility index (Phi) is 3.66. The van der Waals surface area contributed by atoms with Crippen LogP contribution in [0.3, 0.4) is 0 Å². The maximum absolute atomic E-state index is 13.5. The minimum absolute atomic E-state index is 0.0914. The average Bonchev–Trinajstić information content (AvgIpc) is 2.34. The van der Waals surface area contributed by atoms with Gasteiger partial charge < -0.3 is 11.5 Å². The first-order valence-electron chi connectivity index (χ1n) is 5.15. The van der Waals surface area contributed by atoms with E-state index in [1.807, 2.05) is 0 Å². The number of amides is 1. The summed E-state index contributed by atoms with van der Waals surface area (Å²) in [6, 6.07) is 4.49. The van der Waals surface area contributed by atoms with Gasteiger partial charge in [-0.2, -0.15) is 0 Å². The normalized spacial score (nSPS) is 10.4. The molecule has 0 spiro atoms. The summed E-state index contributed by atoms with van der Waals surface area (Å²) in [6.45, 7) is 0. The lowest BCUT2D eigenvalue weighted by Crippen LogP contribution is -2.13. The Morgan fingerprint density at radius 1 is 1.26 bits per heavy atom. The number of anilines is 1. The zero-order valence-electron chi connectivity index (χ0n) is 9.56. The number of hydrogen-bond donors (Lipinski definition) is 2. The van der Waals surface area contributed by atoms with Crippen LogP contribution in [-0.2, 0) is 0 Å². The van der Waals surface area contributed by atoms with Gasteiger partial charge in [0.15, 0.2) is 0 Å². The van der Waals surface area contributed by atoms with E-state index in [0.29, 0.717) is 0 Å². The highest BCUT2D eigenvalue weighted by Gasteiger charge is 2.14. The van der Waals surface area contributed by atoms with Crippen molar-refractivity contribution in [3.8, 4) is 0 Å². The molecule has 98 valence electrons. The number of benzene rings is 1. The molecule has 4 N–H and O–H groups in total. The molecular formula is C12H9F2N3OS. The molecule has 0 aliphatic heterocycles. The summed E-state index contributed by atoms with van der Waals surface area (Å²) in [5, 5.41) is 0.215. The van der Waals surface area contributed by atoms with Crippen molar-refractivity contribution >= 4 is 23.4 Å². The molecule has 1 heterocycles. The third kappa shape index (κ3) is 3.00. The number of carbonyl (C=O) groups is 1. The van der Waals surface area contributed by atoms with Gasteiger partial charge in [0.2, 0.25) is 0 Å². The predicted octanol–water partition coefficient (Wildman–Crippen LogP) is 2.19. The Morgan fingerprint density at radius 3 is 2.63 bits per heavy atom. The first-order chi connectivity index (χ1) is 8.97. The molecule has 0 radical (unpaired) electrons. The van der Waals surface area contributed by atoms with E-state index in [1.54, 1.807) is 0 Å². The second-order valence-corrected chi connectivity index (χ2v) is 4.69. The molecule has 1 amide bonds. The van der Waals surface area contributed by atoms with Gasteiger partial charge in [0.1, 0.15) is 16.7 Å². The molecule has 1 aromatic heterocycles. The average molecular weight is 281 g/mol. The zero-order valence-corrected chi connectivity index (χ0v) is 10.4. The lowest BCUT2D eigenvalue weighted by atomic mass is 10.2. The molecule has 4 nitrogen and oxygen atoms in total. The smallest absolute Gasteiger partial charge is 0.251 e. The zero-order chi connectivity index (χ0) is 14.0. The van der Waals surface area contributed by atoms with E-state index in [4.69, 9.17) is 11.5 Å². The largest absolute Gasteiger partial charge is 0.397 e. The van der Waals surface area contributed by atoms with Crippen molar-refractivity contribution in [1.29, 1.82) is 0 Å². The number of nitrogens with zero attached hydrogens (tertiary/aromatic N) is 1. The van der Waals surface area contributed by atoms with Gasteiger partial charge in [0.05, 0.1) is 17.4 Å². The Labute approximate surface area is 111 Å². The van der Waals surface area contributed by atoms with Crippen molar-refractivity contribution in [2.75, 3.05) is 5.73 Å². The number of rotatable bonds is 3. The lowest BCUT2D eigenvalue weighted by Gasteiger charge is -2.07. The van der Waals surface area contributed by atoms with Crippen LogP contribution >= 0.6 is 11.8 Å². The fourth-order valence-electron chi connectivity index (χ4n) is 1.39. The van der Waals surface area contributed by atoms with Gasteiger partial charge in [0.25, 0.3) is 5.91 Å². The van der Waals surface area contributed by atoms with Crippen LogP contribution in [0, 0.1) is 11.6 Å². The second-order valence-electron chi connectivity index (χ2n) is 3.66. The highest BCUT2D eigenvalue weighted by atomic mass is 32.2. The van der Waals surface area contributed by atoms with E-state index in [9.17, 15) is 13.6 Å². The molecule has 0 unspecified atom stereocenters. The summed E-state index contributed by atoms with van der Waals surface area (Å²) in [5.74, 6) is -2.13. The number of nitrogen functional groups attached to an aromatic ring is 1. The molecule has 0 bridgehead atoms. The second kappa shape index (κ2) is 5.23. The van der Waals surface area contributed by atoms with Crippen molar-refractivity contribution in [1.82, 2.24) is 4.98 Å². The molecule has 2 aromatic rings. The molecule has 0 saturated carbocycles. The SMILES string of the molecule is NC(=O)c1cc(N)cnc1Sc1ccc(F)cc1F. The topological polar surface area (TPSA) is 82.0 Å². The third-order valence-corrected chi connectivity index (χ3v) is 3.31. The maximum atomic E-state index is 13.5. The fourth-order valence-corrected chi connectivity index (χ4v) is 2.26. The highest BCUT2D eigenvalue weighted by Crippen LogP contribution is 2.31. The molecule has 0 aliphatic carbocycles. The standard InChI is InChI=1S/C12H9F2N3OS/c13-6-1-2-10(9(14)3-6)19-12-8(11(16)18)4-7(15)5-17-12/h1-5H,15H2,(H2,16,18). The molecule has 2 rings (SSSR count). The molecule has 0 fully saturated rings. The Hall–Kier alpha value is -2.15. The molecule has 0 atom stereocenters. The van der Waals surface area contributed by atoms with Gasteiger partial charge in [-0.3, -0.25) is 4.79 Å². The van der Waals surface area contributed by atoms with E-state index in [-0.39, 0.29) is 21.2 Å². The van der Waals surface area contributed by atoms with Crippen LogP contribution in [0.2, 0.25) is 0 Å². The molecular weight excluding hydrogens is 272 g/mol. The number of carbonyl (C=O) groups excluding carboxylic acids is 1. The molecule has 0 aliphatic rings. The Bertz CT molecular complexity index is 649. The van der Waals surface area contributed by atoms with Crippen molar-refractivity contribution < 1.29 is 13.6 Å². The number of aromatic nitrogens is 1. The van der Waals surface area contributed by atoms with Crippen LogP contribution in [0.5, 0.6) is 0 Å². The van der Waals surface area contributed by atoms with Gasteiger partial charge in [-0.25, -0.2) is 13.8 Å². The van der Waals surface area contributed by atoms with Gasteiger partial charge >= 0.3 is 0 Å². The van der Waals surface area contributed by atoms with Gasteiger partial charge in [-0.05, 0) is 18.2 Å². The summed E-state index contributed by atoms with van der Waals surface area (Å²) in [7, 11) is 0. The number of primary amides is 1. The van der Waals surface area contributed by atoms with Crippen LogP contribution < -0.4 is 11.5 Å². The van der Waals surface area contributed by atoms with Crippen LogP contribution in [-0.4, -0.2) is 10.9 Å². The monoisotopic (exact) mass is 281 g/mol. The number of pyridine rings is 1. The van der Waals surface area contributed by atoms with Crippen LogP contribution in [0.1, 0.15) is 10.4 Å². The Morgan fingerprint density at radius 2 is 2.00 bits per heavy atom. The molecule has 1 aromatic carbocycles. The van der Waals surface area contributed by atoms with Crippen LogP contribution in [0.25, 0.3) is 0 Å². The summed E-state index contributed by atoms with van der Waals surface area (Å²) in [5.41, 5.74) is 11.1. The first kappa shape index (κ1) is 13.3. The minimum Gasteiger partial charge on any atom is -0.397 e. The highest BCUT2D eigenvalue weighted by molar-refractivity contribution is 7.99. The van der Waals surface area contributed by atoms with E-state index in [0.717, 1.165) is 23.9 Å². The van der Waals surface area contributed by atoms with E-state index in [1.165, 1.54) is 18.3 Å². The van der Waals surface area contributed by atoms with Gasteiger partial charge in [-0.15, -0.1) is 0 Å². The minimum atomic E-state index is -0.737.